The van der Waals surface area contributed by atoms with E-state index in [1.165, 1.54) is 4.57 Å². The van der Waals surface area contributed by atoms with E-state index in [1.54, 1.807) is 37.3 Å². The Morgan fingerprint density at radius 3 is 2.33 bits per heavy atom. The van der Waals surface area contributed by atoms with Crippen LogP contribution in [-0.2, 0) is 0 Å². The van der Waals surface area contributed by atoms with Crippen LogP contribution in [0.2, 0.25) is 0 Å². The van der Waals surface area contributed by atoms with Gasteiger partial charge in [-0.2, -0.15) is 0 Å². The molecule has 0 bridgehead atoms. The number of nitrogens with two attached hydrogens (primary N) is 1. The Morgan fingerprint density at radius 2 is 1.71 bits per heavy atom. The van der Waals surface area contributed by atoms with E-state index >= 15 is 0 Å². The average Bonchev–Trinajstić information content (AvgIpc) is 2.56. The van der Waals surface area contributed by atoms with Gasteiger partial charge in [0.1, 0.15) is 0 Å². The number of hydrogen-bond donors (Lipinski definition) is 1. The van der Waals surface area contributed by atoms with Gasteiger partial charge in [0, 0.05) is 36.6 Å². The summed E-state index contributed by atoms with van der Waals surface area (Å²) in [4.78, 5) is 27.5. The third kappa shape index (κ3) is 2.65. The van der Waals surface area contributed by atoms with E-state index < -0.39 is 0 Å². The zero-order chi connectivity index (χ0) is 17.4. The molecule has 1 heterocycles. The Hall–Kier alpha value is -3.08. The minimum atomic E-state index is -0.357. The fourth-order valence-corrected chi connectivity index (χ4v) is 2.69. The topological polar surface area (TPSA) is 68.3 Å². The van der Waals surface area contributed by atoms with Gasteiger partial charge in [0.25, 0.3) is 11.5 Å². The maximum absolute atomic E-state index is 12.9. The Bertz CT molecular complexity index is 986. The molecule has 2 aromatic carbocycles. The van der Waals surface area contributed by atoms with Crippen molar-refractivity contribution in [2.75, 3.05) is 24.7 Å². The number of pyridine rings is 1. The summed E-state index contributed by atoms with van der Waals surface area (Å²) in [7, 11) is 3.86. The fourth-order valence-electron chi connectivity index (χ4n) is 2.69. The molecule has 0 saturated heterocycles. The molecule has 0 spiro atoms. The Morgan fingerprint density at radius 1 is 1.04 bits per heavy atom. The van der Waals surface area contributed by atoms with Crippen LogP contribution in [0.4, 0.5) is 11.4 Å². The van der Waals surface area contributed by atoms with E-state index in [0.717, 1.165) is 11.1 Å². The number of nitrogen functional groups attached to an aromatic ring is 1. The zero-order valence-corrected chi connectivity index (χ0v) is 13.9. The second-order valence-electron chi connectivity index (χ2n) is 6.03. The molecule has 0 aliphatic heterocycles. The summed E-state index contributed by atoms with van der Waals surface area (Å²) in [5.74, 6) is -0.357. The lowest BCUT2D eigenvalue weighted by atomic mass is 10.1. The molecule has 2 N–H and O–H groups in total. The Balaban J connectivity index is 2.21. The van der Waals surface area contributed by atoms with Crippen molar-refractivity contribution in [2.45, 2.75) is 6.92 Å². The van der Waals surface area contributed by atoms with E-state index in [0.29, 0.717) is 22.3 Å². The van der Waals surface area contributed by atoms with Crippen molar-refractivity contribution in [3.63, 3.8) is 0 Å². The maximum Gasteiger partial charge on any atom is 0.265 e. The third-order valence-electron chi connectivity index (χ3n) is 4.04. The number of nitrogens with zero attached hydrogens (tertiary/aromatic N) is 2. The minimum absolute atomic E-state index is 0.324. The van der Waals surface area contributed by atoms with Crippen LogP contribution in [0.1, 0.15) is 15.9 Å². The molecule has 0 unspecified atom stereocenters. The van der Waals surface area contributed by atoms with Crippen molar-refractivity contribution < 1.29 is 4.79 Å². The molecule has 5 heteroatoms. The van der Waals surface area contributed by atoms with E-state index in [-0.39, 0.29) is 11.5 Å². The van der Waals surface area contributed by atoms with Crippen molar-refractivity contribution >= 4 is 28.2 Å². The van der Waals surface area contributed by atoms with Crippen LogP contribution in [-0.4, -0.2) is 24.6 Å². The van der Waals surface area contributed by atoms with E-state index in [2.05, 4.69) is 0 Å². The second-order valence-corrected chi connectivity index (χ2v) is 6.03. The number of aryl methyl sites for hydroxylation is 1. The van der Waals surface area contributed by atoms with E-state index in [9.17, 15) is 9.59 Å². The summed E-state index contributed by atoms with van der Waals surface area (Å²) >= 11 is 0. The standard InChI is InChI=1S/C19H19N3O2/c1-12-10-14-4-7-15(20)11-17(14)22(18(12)23)19(24)13-5-8-16(9-6-13)21(2)3/h4-11H,20H2,1-3H3. The van der Waals surface area contributed by atoms with Gasteiger partial charge in [0.2, 0.25) is 0 Å². The fraction of sp³-hybridized carbons (Fsp3) is 0.158. The second kappa shape index (κ2) is 5.85. The number of anilines is 2. The van der Waals surface area contributed by atoms with Crippen LogP contribution in [0.3, 0.4) is 0 Å². The molecule has 5 nitrogen and oxygen atoms in total. The van der Waals surface area contributed by atoms with Gasteiger partial charge in [-0.15, -0.1) is 0 Å². The molecule has 1 aromatic heterocycles. The number of carbonyl (C=O) groups excluding carboxylic acids is 1. The molecule has 0 fully saturated rings. The maximum atomic E-state index is 12.9. The van der Waals surface area contributed by atoms with Crippen LogP contribution in [0, 0.1) is 6.92 Å². The normalized spacial score (nSPS) is 10.8. The first-order valence-corrected chi connectivity index (χ1v) is 7.62. The highest BCUT2D eigenvalue weighted by Crippen LogP contribution is 2.19. The highest BCUT2D eigenvalue weighted by Gasteiger charge is 2.16. The monoisotopic (exact) mass is 321 g/mol. The highest BCUT2D eigenvalue weighted by molar-refractivity contribution is 6.02. The van der Waals surface area contributed by atoms with Gasteiger partial charge in [0.15, 0.2) is 0 Å². The summed E-state index contributed by atoms with van der Waals surface area (Å²) < 4.78 is 1.20. The van der Waals surface area contributed by atoms with Gasteiger partial charge in [-0.3, -0.25) is 9.59 Å². The molecule has 3 rings (SSSR count). The molecule has 3 aromatic rings. The summed E-state index contributed by atoms with van der Waals surface area (Å²) in [5, 5.41) is 0.805. The van der Waals surface area contributed by atoms with Gasteiger partial charge in [-0.25, -0.2) is 4.57 Å². The van der Waals surface area contributed by atoms with Gasteiger partial charge >= 0.3 is 0 Å². The summed E-state index contributed by atoms with van der Waals surface area (Å²) in [6, 6.07) is 14.2. The van der Waals surface area contributed by atoms with Crippen LogP contribution >= 0.6 is 0 Å². The Kier molecular flexibility index (Phi) is 3.85. The lowest BCUT2D eigenvalue weighted by Gasteiger charge is -2.14. The molecule has 122 valence electrons. The smallest absolute Gasteiger partial charge is 0.265 e. The first kappa shape index (κ1) is 15.8. The van der Waals surface area contributed by atoms with Gasteiger partial charge in [0.05, 0.1) is 5.52 Å². The molecule has 0 radical (unpaired) electrons. The number of fused-ring (bicyclic) bond motifs is 1. The lowest BCUT2D eigenvalue weighted by Crippen LogP contribution is -2.29. The third-order valence-corrected chi connectivity index (χ3v) is 4.04. The first-order chi connectivity index (χ1) is 11.4. The van der Waals surface area contributed by atoms with Crippen LogP contribution < -0.4 is 16.2 Å². The number of hydrogen-bond acceptors (Lipinski definition) is 4. The average molecular weight is 321 g/mol. The number of carbonyl (C=O) groups is 1. The molecule has 0 aliphatic carbocycles. The van der Waals surface area contributed by atoms with E-state index in [1.807, 2.05) is 37.2 Å². The lowest BCUT2D eigenvalue weighted by molar-refractivity contribution is 0.0961. The molecule has 0 saturated carbocycles. The SMILES string of the molecule is Cc1cc2ccc(N)cc2n(C(=O)c2ccc(N(C)C)cc2)c1=O. The number of aromatic nitrogens is 1. The molecule has 0 atom stereocenters. The molecule has 24 heavy (non-hydrogen) atoms. The molecule has 0 amide bonds. The summed E-state index contributed by atoms with van der Waals surface area (Å²) in [6.07, 6.45) is 0. The van der Waals surface area contributed by atoms with Gasteiger partial charge in [-0.1, -0.05) is 6.07 Å². The van der Waals surface area contributed by atoms with Gasteiger partial charge in [-0.05, 0) is 54.8 Å². The largest absolute Gasteiger partial charge is 0.399 e. The molecular weight excluding hydrogens is 302 g/mol. The molecular formula is C19H19N3O2. The van der Waals surface area contributed by atoms with Crippen molar-refractivity contribution in [2.24, 2.45) is 0 Å². The van der Waals surface area contributed by atoms with Crippen molar-refractivity contribution in [1.29, 1.82) is 0 Å². The highest BCUT2D eigenvalue weighted by atomic mass is 16.2. The van der Waals surface area contributed by atoms with Crippen molar-refractivity contribution in [3.05, 3.63) is 70.0 Å². The van der Waals surface area contributed by atoms with Gasteiger partial charge < -0.3 is 10.6 Å². The summed E-state index contributed by atoms with van der Waals surface area (Å²) in [6.45, 7) is 1.71. The van der Waals surface area contributed by atoms with Crippen molar-refractivity contribution in [3.8, 4) is 0 Å². The van der Waals surface area contributed by atoms with Crippen LogP contribution in [0.15, 0.2) is 53.3 Å². The predicted molar refractivity (Wildman–Crippen MR) is 97.9 cm³/mol. The quantitative estimate of drug-likeness (QED) is 0.737. The number of benzene rings is 2. The van der Waals surface area contributed by atoms with E-state index in [4.69, 9.17) is 5.73 Å². The van der Waals surface area contributed by atoms with Crippen LogP contribution in [0.25, 0.3) is 10.9 Å². The predicted octanol–water partition coefficient (Wildman–Crippen LogP) is 2.65. The summed E-state index contributed by atoms with van der Waals surface area (Å²) in [5.41, 5.74) is 8.50. The Labute approximate surface area is 139 Å². The molecule has 0 aliphatic rings. The minimum Gasteiger partial charge on any atom is -0.399 e. The van der Waals surface area contributed by atoms with Crippen molar-refractivity contribution in [1.82, 2.24) is 4.57 Å². The number of rotatable bonds is 2. The zero-order valence-electron chi connectivity index (χ0n) is 13.9. The van der Waals surface area contributed by atoms with Crippen LogP contribution in [0.5, 0.6) is 0 Å². The first-order valence-electron chi connectivity index (χ1n) is 7.62.